The molecule has 0 radical (unpaired) electrons. The van der Waals surface area contributed by atoms with E-state index in [1.165, 1.54) is 31.7 Å². The first-order valence-electron chi connectivity index (χ1n) is 7.48. The van der Waals surface area contributed by atoms with Gasteiger partial charge in [0.15, 0.2) is 0 Å². The summed E-state index contributed by atoms with van der Waals surface area (Å²) < 4.78 is 15.0. The number of halogens is 3. The minimum Gasteiger partial charge on any atom is -0.310 e. The summed E-state index contributed by atoms with van der Waals surface area (Å²) >= 11 is 9.47. The first-order chi connectivity index (χ1) is 9.60. The predicted molar refractivity (Wildman–Crippen MR) is 84.5 cm³/mol. The number of hydrogen-bond donors (Lipinski definition) is 1. The molecular weight excluding hydrogens is 341 g/mol. The summed E-state index contributed by atoms with van der Waals surface area (Å²) in [6, 6.07) is 3.39. The third-order valence-corrected chi connectivity index (χ3v) is 6.22. The average Bonchev–Trinajstić information content (AvgIpc) is 3.03. The van der Waals surface area contributed by atoms with Crippen molar-refractivity contribution in [1.82, 2.24) is 5.32 Å². The van der Waals surface area contributed by atoms with Gasteiger partial charge in [-0.05, 0) is 71.6 Å². The van der Waals surface area contributed by atoms with Crippen LogP contribution in [0.15, 0.2) is 16.6 Å². The van der Waals surface area contributed by atoms with E-state index in [1.54, 1.807) is 6.07 Å². The molecule has 2 saturated carbocycles. The molecule has 0 aromatic heterocycles. The minimum absolute atomic E-state index is 0.0981. The van der Waals surface area contributed by atoms with Gasteiger partial charge >= 0.3 is 0 Å². The molecule has 4 heteroatoms. The molecule has 1 N–H and O–H groups in total. The number of benzene rings is 1. The zero-order valence-electron chi connectivity index (χ0n) is 11.6. The van der Waals surface area contributed by atoms with Gasteiger partial charge in [0.05, 0.1) is 5.02 Å². The van der Waals surface area contributed by atoms with Crippen LogP contribution in [0, 0.1) is 23.6 Å². The third kappa shape index (κ3) is 2.65. The third-order valence-electron chi connectivity index (χ3n) is 5.02. The summed E-state index contributed by atoms with van der Waals surface area (Å²) in [5.74, 6) is 2.02. The first kappa shape index (κ1) is 14.8. The molecule has 2 fully saturated rings. The number of rotatable bonds is 4. The SMILES string of the molecule is CCNC(c1cc(Cl)c(Br)cc1F)C1CC2CCC1C2. The molecular formula is C16H20BrClFN. The molecule has 2 aliphatic rings. The Morgan fingerprint density at radius 3 is 2.80 bits per heavy atom. The van der Waals surface area contributed by atoms with Gasteiger partial charge in [-0.1, -0.05) is 24.9 Å². The fourth-order valence-corrected chi connectivity index (χ4v) is 4.68. The summed E-state index contributed by atoms with van der Waals surface area (Å²) in [6.07, 6.45) is 5.24. The molecule has 0 amide bonds. The van der Waals surface area contributed by atoms with Crippen molar-refractivity contribution >= 4 is 27.5 Å². The number of hydrogen-bond acceptors (Lipinski definition) is 1. The summed E-state index contributed by atoms with van der Waals surface area (Å²) in [7, 11) is 0. The normalized spacial score (nSPS) is 29.9. The Hall–Kier alpha value is -0.120. The second-order valence-electron chi connectivity index (χ2n) is 6.16. The van der Waals surface area contributed by atoms with Crippen molar-refractivity contribution in [3.63, 3.8) is 0 Å². The van der Waals surface area contributed by atoms with E-state index in [4.69, 9.17) is 11.6 Å². The van der Waals surface area contributed by atoms with E-state index >= 15 is 0 Å². The summed E-state index contributed by atoms with van der Waals surface area (Å²) in [6.45, 7) is 2.93. The lowest BCUT2D eigenvalue weighted by Crippen LogP contribution is -2.32. The maximum Gasteiger partial charge on any atom is 0.129 e. The zero-order chi connectivity index (χ0) is 14.3. The standard InChI is InChI=1S/C16H20BrClFN/c1-2-20-16(11-6-9-3-4-10(11)5-9)12-7-14(18)13(17)8-15(12)19/h7-11,16,20H,2-6H2,1H3. The van der Waals surface area contributed by atoms with Gasteiger partial charge in [-0.15, -0.1) is 0 Å². The van der Waals surface area contributed by atoms with Gasteiger partial charge in [-0.3, -0.25) is 0 Å². The Balaban J connectivity index is 1.92. The van der Waals surface area contributed by atoms with Crippen LogP contribution >= 0.6 is 27.5 Å². The van der Waals surface area contributed by atoms with E-state index in [1.807, 2.05) is 0 Å². The molecule has 1 aromatic carbocycles. The van der Waals surface area contributed by atoms with Crippen LogP contribution in [0.2, 0.25) is 5.02 Å². The number of fused-ring (bicyclic) bond motifs is 2. The molecule has 4 unspecified atom stereocenters. The molecule has 110 valence electrons. The van der Waals surface area contributed by atoms with Gasteiger partial charge in [0, 0.05) is 16.1 Å². The van der Waals surface area contributed by atoms with Gasteiger partial charge in [-0.25, -0.2) is 4.39 Å². The summed E-state index contributed by atoms with van der Waals surface area (Å²) in [5.41, 5.74) is 0.734. The minimum atomic E-state index is -0.157. The topological polar surface area (TPSA) is 12.0 Å². The Morgan fingerprint density at radius 1 is 1.40 bits per heavy atom. The Morgan fingerprint density at radius 2 is 2.20 bits per heavy atom. The molecule has 2 bridgehead atoms. The largest absolute Gasteiger partial charge is 0.310 e. The molecule has 2 aliphatic carbocycles. The van der Waals surface area contributed by atoms with Crippen molar-refractivity contribution in [1.29, 1.82) is 0 Å². The van der Waals surface area contributed by atoms with Gasteiger partial charge in [0.2, 0.25) is 0 Å². The highest BCUT2D eigenvalue weighted by atomic mass is 79.9. The van der Waals surface area contributed by atoms with Crippen molar-refractivity contribution in [2.45, 2.75) is 38.6 Å². The molecule has 0 saturated heterocycles. The molecule has 0 spiro atoms. The second kappa shape index (κ2) is 5.94. The fraction of sp³-hybridized carbons (Fsp3) is 0.625. The smallest absolute Gasteiger partial charge is 0.129 e. The van der Waals surface area contributed by atoms with Crippen LogP contribution in [0.1, 0.15) is 44.2 Å². The van der Waals surface area contributed by atoms with E-state index in [-0.39, 0.29) is 11.9 Å². The van der Waals surface area contributed by atoms with Crippen molar-refractivity contribution in [2.75, 3.05) is 6.54 Å². The average molecular weight is 361 g/mol. The lowest BCUT2D eigenvalue weighted by molar-refractivity contribution is 0.249. The zero-order valence-corrected chi connectivity index (χ0v) is 14.0. The van der Waals surface area contributed by atoms with Crippen LogP contribution in [0.3, 0.4) is 0 Å². The highest BCUT2D eigenvalue weighted by molar-refractivity contribution is 9.10. The lowest BCUT2D eigenvalue weighted by atomic mass is 9.80. The van der Waals surface area contributed by atoms with Gasteiger partial charge in [-0.2, -0.15) is 0 Å². The maximum absolute atomic E-state index is 14.4. The molecule has 1 nitrogen and oxygen atoms in total. The second-order valence-corrected chi connectivity index (χ2v) is 7.42. The molecule has 1 aromatic rings. The van der Waals surface area contributed by atoms with Crippen LogP contribution in [0.4, 0.5) is 4.39 Å². The monoisotopic (exact) mass is 359 g/mol. The molecule has 20 heavy (non-hydrogen) atoms. The summed E-state index contributed by atoms with van der Waals surface area (Å²) in [4.78, 5) is 0. The van der Waals surface area contributed by atoms with Crippen molar-refractivity contribution in [3.05, 3.63) is 33.0 Å². The predicted octanol–water partition coefficient (Wildman–Crippen LogP) is 5.33. The first-order valence-corrected chi connectivity index (χ1v) is 8.65. The Kier molecular flexibility index (Phi) is 4.40. The molecule has 3 rings (SSSR count). The van der Waals surface area contributed by atoms with Crippen molar-refractivity contribution in [2.24, 2.45) is 17.8 Å². The van der Waals surface area contributed by atoms with Crippen LogP contribution in [-0.2, 0) is 0 Å². The van der Waals surface area contributed by atoms with Crippen LogP contribution in [0.25, 0.3) is 0 Å². The molecule has 0 aliphatic heterocycles. The van der Waals surface area contributed by atoms with Gasteiger partial charge in [0.1, 0.15) is 5.82 Å². The van der Waals surface area contributed by atoms with Gasteiger partial charge < -0.3 is 5.32 Å². The van der Waals surface area contributed by atoms with E-state index in [2.05, 4.69) is 28.2 Å². The summed E-state index contributed by atoms with van der Waals surface area (Å²) in [5, 5.41) is 4.09. The van der Waals surface area contributed by atoms with Gasteiger partial charge in [0.25, 0.3) is 0 Å². The lowest BCUT2D eigenvalue weighted by Gasteiger charge is -2.32. The van der Waals surface area contributed by atoms with Crippen LogP contribution in [-0.4, -0.2) is 6.54 Å². The van der Waals surface area contributed by atoms with E-state index in [0.717, 1.165) is 23.9 Å². The highest BCUT2D eigenvalue weighted by Gasteiger charge is 2.43. The van der Waals surface area contributed by atoms with E-state index < -0.39 is 0 Å². The molecule has 4 atom stereocenters. The fourth-order valence-electron chi connectivity index (χ4n) is 4.19. The quantitative estimate of drug-likeness (QED) is 0.716. The van der Waals surface area contributed by atoms with Crippen LogP contribution < -0.4 is 5.32 Å². The Bertz CT molecular complexity index is 507. The number of nitrogens with one attached hydrogen (secondary N) is 1. The van der Waals surface area contributed by atoms with Crippen molar-refractivity contribution in [3.8, 4) is 0 Å². The van der Waals surface area contributed by atoms with E-state index in [9.17, 15) is 4.39 Å². The Labute approximate surface area is 133 Å². The van der Waals surface area contributed by atoms with Crippen LogP contribution in [0.5, 0.6) is 0 Å². The van der Waals surface area contributed by atoms with E-state index in [0.29, 0.717) is 15.4 Å². The maximum atomic E-state index is 14.4. The van der Waals surface area contributed by atoms with Crippen molar-refractivity contribution < 1.29 is 4.39 Å². The molecule has 0 heterocycles. The highest BCUT2D eigenvalue weighted by Crippen LogP contribution is 2.53.